The number of benzene rings is 1. The van der Waals surface area contributed by atoms with Gasteiger partial charge in [-0.2, -0.15) is 0 Å². The molecule has 7 heteroatoms. The lowest BCUT2D eigenvalue weighted by Gasteiger charge is -2.19. The fourth-order valence-electron chi connectivity index (χ4n) is 3.17. The standard InChI is InChI=1S/C19H21ClN6/c1-21-18(22-12-17-25-24-16-4-2-3-11-26(16)17)23-13-19(9-10-19)14-5-7-15(20)8-6-14/h2-8,11H,9-10,12-13H2,1H3,(H2,21,22,23). The Hall–Kier alpha value is -2.60. The van der Waals surface area contributed by atoms with Crippen LogP contribution in [-0.4, -0.2) is 34.2 Å². The van der Waals surface area contributed by atoms with Crippen LogP contribution in [0.4, 0.5) is 0 Å². The molecule has 26 heavy (non-hydrogen) atoms. The topological polar surface area (TPSA) is 66.6 Å². The summed E-state index contributed by atoms with van der Waals surface area (Å²) in [6, 6.07) is 14.0. The predicted octanol–water partition coefficient (Wildman–Crippen LogP) is 2.78. The quantitative estimate of drug-likeness (QED) is 0.537. The van der Waals surface area contributed by atoms with Gasteiger partial charge in [-0.15, -0.1) is 10.2 Å². The number of aromatic nitrogens is 3. The van der Waals surface area contributed by atoms with Crippen LogP contribution in [0.1, 0.15) is 24.2 Å². The number of aliphatic imine (C=N–C) groups is 1. The molecular weight excluding hydrogens is 348 g/mol. The summed E-state index contributed by atoms with van der Waals surface area (Å²) in [7, 11) is 1.78. The highest BCUT2D eigenvalue weighted by atomic mass is 35.5. The van der Waals surface area contributed by atoms with Crippen LogP contribution < -0.4 is 10.6 Å². The highest BCUT2D eigenvalue weighted by Gasteiger charge is 2.44. The number of hydrogen-bond acceptors (Lipinski definition) is 3. The lowest BCUT2D eigenvalue weighted by Crippen LogP contribution is -2.41. The van der Waals surface area contributed by atoms with Gasteiger partial charge < -0.3 is 10.6 Å². The Balaban J connectivity index is 1.37. The highest BCUT2D eigenvalue weighted by molar-refractivity contribution is 6.30. The molecule has 134 valence electrons. The Bertz CT molecular complexity index is 927. The normalized spacial score (nSPS) is 15.8. The average molecular weight is 369 g/mol. The molecule has 6 nitrogen and oxygen atoms in total. The van der Waals surface area contributed by atoms with Crippen LogP contribution in [0.2, 0.25) is 5.02 Å². The van der Waals surface area contributed by atoms with E-state index in [0.717, 1.165) is 29.0 Å². The number of pyridine rings is 1. The van der Waals surface area contributed by atoms with Crippen molar-refractivity contribution in [1.82, 2.24) is 25.2 Å². The molecule has 4 rings (SSSR count). The lowest BCUT2D eigenvalue weighted by atomic mass is 9.96. The third-order valence-corrected chi connectivity index (χ3v) is 5.18. The molecule has 0 atom stereocenters. The second-order valence-corrected chi connectivity index (χ2v) is 7.05. The summed E-state index contributed by atoms with van der Waals surface area (Å²) in [4.78, 5) is 4.32. The van der Waals surface area contributed by atoms with Crippen molar-refractivity contribution in [3.63, 3.8) is 0 Å². The van der Waals surface area contributed by atoms with Crippen LogP contribution in [0.5, 0.6) is 0 Å². The van der Waals surface area contributed by atoms with E-state index >= 15 is 0 Å². The van der Waals surface area contributed by atoms with Gasteiger partial charge in [0, 0.05) is 30.2 Å². The Morgan fingerprint density at radius 2 is 1.96 bits per heavy atom. The Morgan fingerprint density at radius 3 is 2.69 bits per heavy atom. The first-order chi connectivity index (χ1) is 12.7. The first-order valence-electron chi connectivity index (χ1n) is 8.69. The summed E-state index contributed by atoms with van der Waals surface area (Å²) < 4.78 is 1.97. The fraction of sp³-hybridized carbons (Fsp3) is 0.316. The van der Waals surface area contributed by atoms with E-state index in [9.17, 15) is 0 Å². The van der Waals surface area contributed by atoms with E-state index in [1.165, 1.54) is 18.4 Å². The second-order valence-electron chi connectivity index (χ2n) is 6.61. The van der Waals surface area contributed by atoms with Crippen LogP contribution in [0.3, 0.4) is 0 Å². The van der Waals surface area contributed by atoms with Crippen molar-refractivity contribution in [3.05, 3.63) is 65.1 Å². The van der Waals surface area contributed by atoms with Gasteiger partial charge >= 0.3 is 0 Å². The molecule has 0 bridgehead atoms. The van der Waals surface area contributed by atoms with Crippen LogP contribution in [0.25, 0.3) is 5.65 Å². The molecule has 0 unspecified atom stereocenters. The van der Waals surface area contributed by atoms with Gasteiger partial charge in [0.15, 0.2) is 17.4 Å². The average Bonchev–Trinajstić information content (AvgIpc) is 3.35. The zero-order valence-corrected chi connectivity index (χ0v) is 15.4. The SMILES string of the molecule is CN=C(NCc1nnc2ccccn12)NCC1(c2ccc(Cl)cc2)CC1. The Morgan fingerprint density at radius 1 is 1.15 bits per heavy atom. The van der Waals surface area contributed by atoms with Gasteiger partial charge in [0.2, 0.25) is 0 Å². The molecule has 2 N–H and O–H groups in total. The van der Waals surface area contributed by atoms with Gasteiger partial charge in [-0.1, -0.05) is 29.8 Å². The van der Waals surface area contributed by atoms with Crippen LogP contribution in [0, 0.1) is 0 Å². The maximum Gasteiger partial charge on any atom is 0.191 e. The van der Waals surface area contributed by atoms with Crippen molar-refractivity contribution in [1.29, 1.82) is 0 Å². The van der Waals surface area contributed by atoms with Crippen LogP contribution >= 0.6 is 11.6 Å². The summed E-state index contributed by atoms with van der Waals surface area (Å²) in [6.45, 7) is 1.40. The van der Waals surface area contributed by atoms with E-state index in [1.807, 2.05) is 40.9 Å². The number of nitrogens with one attached hydrogen (secondary N) is 2. The molecule has 1 aromatic carbocycles. The minimum Gasteiger partial charge on any atom is -0.356 e. The van der Waals surface area contributed by atoms with E-state index < -0.39 is 0 Å². The lowest BCUT2D eigenvalue weighted by molar-refractivity contribution is 0.642. The monoisotopic (exact) mass is 368 g/mol. The van der Waals surface area contributed by atoms with Gasteiger partial charge in [-0.25, -0.2) is 0 Å². The molecule has 0 saturated heterocycles. The van der Waals surface area contributed by atoms with E-state index in [-0.39, 0.29) is 5.41 Å². The highest BCUT2D eigenvalue weighted by Crippen LogP contribution is 2.47. The van der Waals surface area contributed by atoms with Crippen LogP contribution in [0.15, 0.2) is 53.7 Å². The largest absolute Gasteiger partial charge is 0.356 e. The molecule has 0 spiro atoms. The number of fused-ring (bicyclic) bond motifs is 1. The summed E-state index contributed by atoms with van der Waals surface area (Å²) in [6.07, 6.45) is 4.31. The zero-order chi connectivity index (χ0) is 18.0. The molecule has 2 aromatic heterocycles. The molecule has 1 saturated carbocycles. The van der Waals surface area contributed by atoms with E-state index in [1.54, 1.807) is 7.05 Å². The fourth-order valence-corrected chi connectivity index (χ4v) is 3.30. The minimum atomic E-state index is 0.184. The zero-order valence-electron chi connectivity index (χ0n) is 14.6. The van der Waals surface area contributed by atoms with Crippen molar-refractivity contribution in [3.8, 4) is 0 Å². The number of guanidine groups is 1. The van der Waals surface area contributed by atoms with Crippen molar-refractivity contribution < 1.29 is 0 Å². The Labute approximate surface area is 157 Å². The van der Waals surface area contributed by atoms with Gasteiger partial charge in [-0.3, -0.25) is 9.39 Å². The molecule has 0 radical (unpaired) electrons. The van der Waals surface area contributed by atoms with E-state index in [2.05, 4.69) is 38.0 Å². The van der Waals surface area contributed by atoms with Crippen molar-refractivity contribution >= 4 is 23.2 Å². The first-order valence-corrected chi connectivity index (χ1v) is 9.07. The van der Waals surface area contributed by atoms with E-state index in [4.69, 9.17) is 11.6 Å². The van der Waals surface area contributed by atoms with Crippen LogP contribution in [-0.2, 0) is 12.0 Å². The molecule has 1 fully saturated rings. The molecular formula is C19H21ClN6. The number of halogens is 1. The van der Waals surface area contributed by atoms with Gasteiger partial charge in [0.25, 0.3) is 0 Å². The summed E-state index contributed by atoms with van der Waals surface area (Å²) in [5.74, 6) is 1.61. The third kappa shape index (κ3) is 3.37. The molecule has 1 aliphatic rings. The number of rotatable bonds is 5. The molecule has 0 amide bonds. The summed E-state index contributed by atoms with van der Waals surface area (Å²) in [5.41, 5.74) is 2.35. The van der Waals surface area contributed by atoms with Gasteiger partial charge in [0.05, 0.1) is 6.54 Å². The smallest absolute Gasteiger partial charge is 0.191 e. The second kappa shape index (κ2) is 6.96. The van der Waals surface area contributed by atoms with Crippen molar-refractivity contribution in [2.45, 2.75) is 24.8 Å². The van der Waals surface area contributed by atoms with Gasteiger partial charge in [0.1, 0.15) is 0 Å². The summed E-state index contributed by atoms with van der Waals surface area (Å²) >= 11 is 6.01. The maximum atomic E-state index is 6.01. The molecule has 0 aliphatic heterocycles. The Kier molecular flexibility index (Phi) is 4.51. The molecule has 1 aliphatic carbocycles. The number of hydrogen-bond donors (Lipinski definition) is 2. The number of nitrogens with zero attached hydrogens (tertiary/aromatic N) is 4. The van der Waals surface area contributed by atoms with Crippen molar-refractivity contribution in [2.75, 3.05) is 13.6 Å². The maximum absolute atomic E-state index is 6.01. The van der Waals surface area contributed by atoms with Crippen molar-refractivity contribution in [2.24, 2.45) is 4.99 Å². The van der Waals surface area contributed by atoms with Gasteiger partial charge in [-0.05, 0) is 42.7 Å². The summed E-state index contributed by atoms with van der Waals surface area (Å²) in [5, 5.41) is 15.9. The molecule has 3 aromatic rings. The molecule has 2 heterocycles. The predicted molar refractivity (Wildman–Crippen MR) is 104 cm³/mol. The third-order valence-electron chi connectivity index (χ3n) is 4.93. The minimum absolute atomic E-state index is 0.184. The van der Waals surface area contributed by atoms with E-state index in [0.29, 0.717) is 6.54 Å². The first kappa shape index (κ1) is 16.8.